The summed E-state index contributed by atoms with van der Waals surface area (Å²) in [5, 5.41) is 1.05. The first-order valence-electron chi connectivity index (χ1n) is 2.64. The summed E-state index contributed by atoms with van der Waals surface area (Å²) in [5.41, 5.74) is 0. The second-order valence-corrected chi connectivity index (χ2v) is 3.29. The van der Waals surface area contributed by atoms with Gasteiger partial charge in [0.1, 0.15) is 5.75 Å². The van der Waals surface area contributed by atoms with Crippen molar-refractivity contribution in [3.8, 4) is 5.75 Å². The molecule has 1 nitrogen and oxygen atoms in total. The van der Waals surface area contributed by atoms with Crippen molar-refractivity contribution in [1.82, 2.24) is 0 Å². The van der Waals surface area contributed by atoms with Crippen molar-refractivity contribution in [3.63, 3.8) is 0 Å². The molecule has 0 aromatic heterocycles. The second kappa shape index (κ2) is 4.31. The Morgan fingerprint density at radius 2 is 1.64 bits per heavy atom. The zero-order valence-corrected chi connectivity index (χ0v) is 8.27. The Hall–Kier alpha value is 0.240. The minimum absolute atomic E-state index is 0.526. The Balaban J connectivity index is 2.89. The molecule has 1 aromatic carbocycles. The molecule has 0 heterocycles. The number of hydrogen-bond acceptors (Lipinski definition) is 2. The molecular formula is C6H3Cl3OS. The Kier molecular flexibility index (Phi) is 3.66. The van der Waals surface area contributed by atoms with Crippen LogP contribution in [0.2, 0.25) is 10.0 Å². The van der Waals surface area contributed by atoms with E-state index < -0.39 is 0 Å². The van der Waals surface area contributed by atoms with Gasteiger partial charge in [0, 0.05) is 32.9 Å². The molecule has 0 aliphatic rings. The lowest BCUT2D eigenvalue weighted by atomic mass is 10.3. The van der Waals surface area contributed by atoms with E-state index in [1.54, 1.807) is 18.2 Å². The fourth-order valence-corrected chi connectivity index (χ4v) is 1.51. The van der Waals surface area contributed by atoms with E-state index in [2.05, 4.69) is 0 Å². The van der Waals surface area contributed by atoms with E-state index in [9.17, 15) is 0 Å². The Morgan fingerprint density at radius 1 is 1.09 bits per heavy atom. The van der Waals surface area contributed by atoms with Crippen molar-refractivity contribution in [2.45, 2.75) is 0 Å². The highest BCUT2D eigenvalue weighted by Gasteiger charge is 1.98. The Labute approximate surface area is 83.3 Å². The number of hydrogen-bond donors (Lipinski definition) is 0. The standard InChI is InChI=1S/C6H3Cl3OS/c7-4-1-5(8)3-6(2-4)10-11-9/h1-3H. The van der Waals surface area contributed by atoms with Crippen LogP contribution in [-0.4, -0.2) is 0 Å². The minimum Gasteiger partial charge on any atom is -0.409 e. The Bertz CT molecular complexity index is 233. The molecule has 11 heavy (non-hydrogen) atoms. The van der Waals surface area contributed by atoms with Crippen LogP contribution in [0.1, 0.15) is 0 Å². The van der Waals surface area contributed by atoms with Gasteiger partial charge >= 0.3 is 0 Å². The van der Waals surface area contributed by atoms with Gasteiger partial charge in [0.05, 0.1) is 0 Å². The summed E-state index contributed by atoms with van der Waals surface area (Å²) in [4.78, 5) is 0. The number of rotatable bonds is 2. The quantitative estimate of drug-likeness (QED) is 0.704. The van der Waals surface area contributed by atoms with Gasteiger partial charge in [-0.15, -0.1) is 0 Å². The molecule has 60 valence electrons. The van der Waals surface area contributed by atoms with Crippen LogP contribution in [0, 0.1) is 0 Å². The van der Waals surface area contributed by atoms with E-state index in [4.69, 9.17) is 38.1 Å². The first-order valence-corrected chi connectivity index (χ1v) is 4.96. The van der Waals surface area contributed by atoms with Crippen molar-refractivity contribution in [3.05, 3.63) is 28.2 Å². The van der Waals surface area contributed by atoms with Gasteiger partial charge in [-0.05, 0) is 6.07 Å². The maximum absolute atomic E-state index is 5.67. The molecule has 1 rings (SSSR count). The minimum atomic E-state index is 0.526. The molecule has 0 bridgehead atoms. The van der Waals surface area contributed by atoms with E-state index >= 15 is 0 Å². The van der Waals surface area contributed by atoms with E-state index in [1.807, 2.05) is 0 Å². The van der Waals surface area contributed by atoms with E-state index in [0.29, 0.717) is 15.8 Å². The molecule has 1 aromatic rings. The van der Waals surface area contributed by atoms with Gasteiger partial charge in [-0.25, -0.2) is 0 Å². The highest BCUT2D eigenvalue weighted by atomic mass is 35.7. The van der Waals surface area contributed by atoms with Crippen LogP contribution in [0.15, 0.2) is 18.2 Å². The summed E-state index contributed by atoms with van der Waals surface area (Å²) < 4.78 is 4.88. The molecule has 0 saturated heterocycles. The third kappa shape index (κ3) is 2.99. The zero-order valence-electron chi connectivity index (χ0n) is 5.18. The van der Waals surface area contributed by atoms with Crippen LogP contribution in [-0.2, 0) is 0 Å². The molecule has 5 heteroatoms. The van der Waals surface area contributed by atoms with Gasteiger partial charge in [-0.1, -0.05) is 23.2 Å². The first-order chi connectivity index (χ1) is 5.22. The van der Waals surface area contributed by atoms with Gasteiger partial charge in [-0.2, -0.15) is 0 Å². The summed E-state index contributed by atoms with van der Waals surface area (Å²) in [7, 11) is 5.25. The van der Waals surface area contributed by atoms with Gasteiger partial charge in [0.15, 0.2) is 11.3 Å². The van der Waals surface area contributed by atoms with Crippen LogP contribution in [0.3, 0.4) is 0 Å². The van der Waals surface area contributed by atoms with Crippen molar-refractivity contribution >= 4 is 45.1 Å². The molecular weight excluding hydrogens is 226 g/mol. The number of halogens is 3. The molecule has 0 radical (unpaired) electrons. The monoisotopic (exact) mass is 228 g/mol. The van der Waals surface area contributed by atoms with Gasteiger partial charge in [-0.3, -0.25) is 0 Å². The normalized spacial score (nSPS) is 9.73. The molecule has 0 aliphatic carbocycles. The van der Waals surface area contributed by atoms with E-state index in [-0.39, 0.29) is 0 Å². The molecule has 0 aliphatic heterocycles. The lowest BCUT2D eigenvalue weighted by molar-refractivity contribution is 0.656. The molecule has 0 N–H and O–H groups in total. The molecule has 0 spiro atoms. The lowest BCUT2D eigenvalue weighted by Gasteiger charge is -1.99. The van der Waals surface area contributed by atoms with Crippen molar-refractivity contribution < 1.29 is 4.18 Å². The molecule has 0 saturated carbocycles. The van der Waals surface area contributed by atoms with Gasteiger partial charge in [0.25, 0.3) is 0 Å². The average Bonchev–Trinajstić information content (AvgIpc) is 1.85. The predicted molar refractivity (Wildman–Crippen MR) is 50.5 cm³/mol. The van der Waals surface area contributed by atoms with Crippen LogP contribution >= 0.6 is 45.1 Å². The summed E-state index contributed by atoms with van der Waals surface area (Å²) >= 11 is 12.1. The van der Waals surface area contributed by atoms with Crippen LogP contribution in [0.4, 0.5) is 0 Å². The van der Waals surface area contributed by atoms with Crippen LogP contribution < -0.4 is 4.18 Å². The fraction of sp³-hybridized carbons (Fsp3) is 0. The van der Waals surface area contributed by atoms with Gasteiger partial charge < -0.3 is 4.18 Å². The van der Waals surface area contributed by atoms with E-state index in [1.165, 1.54) is 0 Å². The summed E-state index contributed by atoms with van der Waals surface area (Å²) in [6.45, 7) is 0. The summed E-state index contributed by atoms with van der Waals surface area (Å²) in [5.74, 6) is 0.544. The maximum atomic E-state index is 5.67. The second-order valence-electron chi connectivity index (χ2n) is 1.75. The predicted octanol–water partition coefficient (Wildman–Crippen LogP) is 4.17. The van der Waals surface area contributed by atoms with Crippen molar-refractivity contribution in [2.75, 3.05) is 0 Å². The molecule has 0 fully saturated rings. The smallest absolute Gasteiger partial charge is 0.166 e. The zero-order chi connectivity index (χ0) is 8.27. The average molecular weight is 230 g/mol. The topological polar surface area (TPSA) is 9.23 Å². The Morgan fingerprint density at radius 3 is 2.09 bits per heavy atom. The SMILES string of the molecule is ClSOc1cc(Cl)cc(Cl)c1. The largest absolute Gasteiger partial charge is 0.409 e. The maximum Gasteiger partial charge on any atom is 0.166 e. The fourth-order valence-electron chi connectivity index (χ4n) is 0.613. The van der Waals surface area contributed by atoms with Gasteiger partial charge in [0.2, 0.25) is 0 Å². The van der Waals surface area contributed by atoms with Crippen LogP contribution in [0.5, 0.6) is 5.75 Å². The summed E-state index contributed by atoms with van der Waals surface area (Å²) in [6, 6.07) is 4.88. The third-order valence-corrected chi connectivity index (χ3v) is 1.84. The lowest BCUT2D eigenvalue weighted by Crippen LogP contribution is -1.76. The van der Waals surface area contributed by atoms with Crippen LogP contribution in [0.25, 0.3) is 0 Å². The van der Waals surface area contributed by atoms with Crippen molar-refractivity contribution in [2.24, 2.45) is 0 Å². The molecule has 0 atom stereocenters. The summed E-state index contributed by atoms with van der Waals surface area (Å²) in [6.07, 6.45) is 0. The highest BCUT2D eigenvalue weighted by molar-refractivity contribution is 8.17. The molecule has 0 unspecified atom stereocenters. The van der Waals surface area contributed by atoms with E-state index in [0.717, 1.165) is 11.3 Å². The highest BCUT2D eigenvalue weighted by Crippen LogP contribution is 2.27. The van der Waals surface area contributed by atoms with Crippen molar-refractivity contribution in [1.29, 1.82) is 0 Å². The molecule has 0 amide bonds. The first kappa shape index (κ1) is 9.33. The number of benzene rings is 1. The third-order valence-electron chi connectivity index (χ3n) is 0.964.